The number of carbonyl (C=O) groups is 2. The Kier molecular flexibility index (Phi) is 7.60. The molecule has 0 saturated heterocycles. The summed E-state index contributed by atoms with van der Waals surface area (Å²) >= 11 is 0. The summed E-state index contributed by atoms with van der Waals surface area (Å²) in [6.07, 6.45) is 2.56. The van der Waals surface area contributed by atoms with Crippen LogP contribution in [0, 0.1) is 0 Å². The summed E-state index contributed by atoms with van der Waals surface area (Å²) in [6.45, 7) is 5.40. The molecule has 1 aromatic rings. The molecule has 3 N–H and O–H groups in total. The smallest absolute Gasteiger partial charge is 0.335 e. The highest BCUT2D eigenvalue weighted by atomic mass is 16.5. The number of ether oxygens (including phenoxy) is 1. The van der Waals surface area contributed by atoms with E-state index in [-0.39, 0.29) is 11.6 Å². The fourth-order valence-electron chi connectivity index (χ4n) is 1.52. The summed E-state index contributed by atoms with van der Waals surface area (Å²) in [4.78, 5) is 22.2. The van der Waals surface area contributed by atoms with E-state index in [1.165, 1.54) is 12.1 Å². The number of hydrogen-bond donors (Lipinski definition) is 3. The number of benzene rings is 1. The van der Waals surface area contributed by atoms with E-state index >= 15 is 0 Å². The highest BCUT2D eigenvalue weighted by Crippen LogP contribution is 2.03. The van der Waals surface area contributed by atoms with Crippen molar-refractivity contribution in [3.05, 3.63) is 48.0 Å². The molecule has 0 unspecified atom stereocenters. The molecule has 6 nitrogen and oxygen atoms in total. The number of rotatable bonds is 9. The Morgan fingerprint density at radius 3 is 2.52 bits per heavy atom. The Morgan fingerprint density at radius 2 is 1.90 bits per heavy atom. The zero-order valence-electron chi connectivity index (χ0n) is 11.8. The predicted molar refractivity (Wildman–Crippen MR) is 79.3 cm³/mol. The number of nitrogens with one attached hydrogen (secondary N) is 2. The zero-order chi connectivity index (χ0) is 15.5. The fraction of sp³-hybridized carbons (Fsp3) is 0.333. The van der Waals surface area contributed by atoms with Crippen molar-refractivity contribution in [1.82, 2.24) is 10.6 Å². The van der Waals surface area contributed by atoms with Gasteiger partial charge in [-0.2, -0.15) is 0 Å². The van der Waals surface area contributed by atoms with E-state index in [4.69, 9.17) is 9.84 Å². The highest BCUT2D eigenvalue weighted by molar-refractivity contribution is 5.87. The largest absolute Gasteiger partial charge is 0.478 e. The summed E-state index contributed by atoms with van der Waals surface area (Å²) in [5, 5.41) is 14.1. The third-order valence-corrected chi connectivity index (χ3v) is 2.65. The van der Waals surface area contributed by atoms with Crippen LogP contribution in [-0.2, 0) is 11.3 Å². The lowest BCUT2D eigenvalue weighted by Gasteiger charge is -2.08. The molecule has 0 aromatic heterocycles. The maximum Gasteiger partial charge on any atom is 0.335 e. The first-order chi connectivity index (χ1) is 10.1. The monoisotopic (exact) mass is 292 g/mol. The summed E-state index contributed by atoms with van der Waals surface area (Å²) in [7, 11) is 0. The van der Waals surface area contributed by atoms with E-state index in [0.29, 0.717) is 26.3 Å². The van der Waals surface area contributed by atoms with Crippen molar-refractivity contribution >= 4 is 12.0 Å². The minimum absolute atomic E-state index is 0.222. The molecule has 0 aliphatic rings. The van der Waals surface area contributed by atoms with Gasteiger partial charge in [0.25, 0.3) is 0 Å². The van der Waals surface area contributed by atoms with Crippen LogP contribution in [0.25, 0.3) is 0 Å². The van der Waals surface area contributed by atoms with E-state index in [0.717, 1.165) is 12.0 Å². The van der Waals surface area contributed by atoms with Crippen LogP contribution in [0.1, 0.15) is 22.3 Å². The van der Waals surface area contributed by atoms with Gasteiger partial charge in [0, 0.05) is 13.1 Å². The van der Waals surface area contributed by atoms with Gasteiger partial charge in [-0.15, -0.1) is 6.58 Å². The maximum absolute atomic E-state index is 11.5. The molecule has 0 saturated carbocycles. The second-order valence-electron chi connectivity index (χ2n) is 4.30. The maximum atomic E-state index is 11.5. The molecule has 2 amide bonds. The topological polar surface area (TPSA) is 87.7 Å². The number of aromatic carboxylic acids is 1. The molecule has 1 aromatic carbocycles. The molecule has 0 spiro atoms. The van der Waals surface area contributed by atoms with E-state index in [9.17, 15) is 9.59 Å². The lowest BCUT2D eigenvalue weighted by molar-refractivity contribution is 0.0697. The Morgan fingerprint density at radius 1 is 1.19 bits per heavy atom. The summed E-state index contributed by atoms with van der Waals surface area (Å²) < 4.78 is 5.25. The van der Waals surface area contributed by atoms with Crippen molar-refractivity contribution in [3.63, 3.8) is 0 Å². The van der Waals surface area contributed by atoms with Crippen molar-refractivity contribution in [3.8, 4) is 0 Å². The third kappa shape index (κ3) is 7.12. The zero-order valence-corrected chi connectivity index (χ0v) is 11.8. The average molecular weight is 292 g/mol. The van der Waals surface area contributed by atoms with Gasteiger partial charge < -0.3 is 20.5 Å². The van der Waals surface area contributed by atoms with Crippen molar-refractivity contribution in [2.24, 2.45) is 0 Å². The first kappa shape index (κ1) is 16.7. The van der Waals surface area contributed by atoms with Gasteiger partial charge in [-0.05, 0) is 24.1 Å². The van der Waals surface area contributed by atoms with E-state index < -0.39 is 5.97 Å². The molecule has 0 heterocycles. The van der Waals surface area contributed by atoms with Gasteiger partial charge in [0.2, 0.25) is 0 Å². The minimum atomic E-state index is -0.969. The van der Waals surface area contributed by atoms with Gasteiger partial charge in [-0.25, -0.2) is 9.59 Å². The van der Waals surface area contributed by atoms with Crippen molar-refractivity contribution < 1.29 is 19.4 Å². The minimum Gasteiger partial charge on any atom is -0.478 e. The molecule has 0 radical (unpaired) electrons. The second kappa shape index (κ2) is 9.55. The number of amides is 2. The van der Waals surface area contributed by atoms with Crippen LogP contribution in [0.3, 0.4) is 0 Å². The molecule has 114 valence electrons. The van der Waals surface area contributed by atoms with Gasteiger partial charge in [-0.3, -0.25) is 0 Å². The van der Waals surface area contributed by atoms with Crippen LogP contribution in [0.2, 0.25) is 0 Å². The summed E-state index contributed by atoms with van der Waals surface area (Å²) in [5.41, 5.74) is 1.05. The quantitative estimate of drug-likeness (QED) is 0.478. The Balaban J connectivity index is 2.17. The molecule has 0 fully saturated rings. The van der Waals surface area contributed by atoms with Crippen LogP contribution < -0.4 is 10.6 Å². The van der Waals surface area contributed by atoms with E-state index in [1.54, 1.807) is 18.2 Å². The lowest BCUT2D eigenvalue weighted by atomic mass is 10.1. The average Bonchev–Trinajstić information content (AvgIpc) is 2.49. The van der Waals surface area contributed by atoms with E-state index in [2.05, 4.69) is 17.2 Å². The number of carboxylic acids is 1. The SMILES string of the molecule is C=CCCOCCNC(=O)NCc1ccc(C(=O)O)cc1. The number of urea groups is 1. The fourth-order valence-corrected chi connectivity index (χ4v) is 1.52. The first-order valence-corrected chi connectivity index (χ1v) is 6.66. The molecule has 0 atom stereocenters. The number of hydrogen-bond acceptors (Lipinski definition) is 3. The van der Waals surface area contributed by atoms with Crippen molar-refractivity contribution in [1.29, 1.82) is 0 Å². The Bertz CT molecular complexity index is 471. The molecule has 6 heteroatoms. The molecular weight excluding hydrogens is 272 g/mol. The van der Waals surface area contributed by atoms with Crippen LogP contribution in [0.5, 0.6) is 0 Å². The summed E-state index contributed by atoms with van der Waals surface area (Å²) in [6, 6.07) is 6.06. The number of carboxylic acid groups (broad SMARTS) is 1. The lowest BCUT2D eigenvalue weighted by Crippen LogP contribution is -2.36. The van der Waals surface area contributed by atoms with Gasteiger partial charge >= 0.3 is 12.0 Å². The van der Waals surface area contributed by atoms with Crippen LogP contribution in [-0.4, -0.2) is 36.9 Å². The molecular formula is C15H20N2O4. The molecule has 21 heavy (non-hydrogen) atoms. The van der Waals surface area contributed by atoms with Crippen LogP contribution >= 0.6 is 0 Å². The Hall–Kier alpha value is -2.34. The standard InChI is InChI=1S/C15H20N2O4/c1-2-3-9-21-10-8-16-15(20)17-11-12-4-6-13(7-5-12)14(18)19/h2,4-7H,1,3,8-11H2,(H,18,19)(H2,16,17,20). The van der Waals surface area contributed by atoms with Gasteiger partial charge in [0.05, 0.1) is 18.8 Å². The first-order valence-electron chi connectivity index (χ1n) is 6.66. The highest BCUT2D eigenvalue weighted by Gasteiger charge is 2.03. The normalized spacial score (nSPS) is 9.90. The second-order valence-corrected chi connectivity index (χ2v) is 4.30. The van der Waals surface area contributed by atoms with Crippen molar-refractivity contribution in [2.45, 2.75) is 13.0 Å². The molecule has 1 rings (SSSR count). The predicted octanol–water partition coefficient (Wildman–Crippen LogP) is 1.78. The van der Waals surface area contributed by atoms with Crippen LogP contribution in [0.4, 0.5) is 4.79 Å². The Labute approximate surface area is 123 Å². The molecule has 0 aliphatic carbocycles. The molecule has 0 bridgehead atoms. The number of carbonyl (C=O) groups excluding carboxylic acids is 1. The van der Waals surface area contributed by atoms with Gasteiger partial charge in [0.1, 0.15) is 0 Å². The van der Waals surface area contributed by atoms with E-state index in [1.807, 2.05) is 0 Å². The van der Waals surface area contributed by atoms with Gasteiger partial charge in [0.15, 0.2) is 0 Å². The van der Waals surface area contributed by atoms with Crippen LogP contribution in [0.15, 0.2) is 36.9 Å². The van der Waals surface area contributed by atoms with Gasteiger partial charge in [-0.1, -0.05) is 18.2 Å². The molecule has 0 aliphatic heterocycles. The summed E-state index contributed by atoms with van der Waals surface area (Å²) in [5.74, 6) is -0.969. The van der Waals surface area contributed by atoms with Crippen molar-refractivity contribution in [2.75, 3.05) is 19.8 Å². The third-order valence-electron chi connectivity index (χ3n) is 2.65.